The normalized spacial score (nSPS) is 10.8. The highest BCUT2D eigenvalue weighted by atomic mass is 16.5. The van der Waals surface area contributed by atoms with Gasteiger partial charge in [0.1, 0.15) is 0 Å². The van der Waals surface area contributed by atoms with Crippen molar-refractivity contribution in [2.75, 3.05) is 26.8 Å². The molecule has 18 heavy (non-hydrogen) atoms. The first-order valence-electron chi connectivity index (χ1n) is 6.21. The number of nitrogens with two attached hydrogens (primary N) is 1. The van der Waals surface area contributed by atoms with E-state index >= 15 is 0 Å². The summed E-state index contributed by atoms with van der Waals surface area (Å²) in [5.74, 6) is 0.237. The van der Waals surface area contributed by atoms with Crippen LogP contribution in [0.3, 0.4) is 0 Å². The maximum Gasteiger partial charge on any atom is 0.0918 e. The first kappa shape index (κ1) is 14.7. The second kappa shape index (κ2) is 7.84. The van der Waals surface area contributed by atoms with Crippen LogP contribution in [0.1, 0.15) is 17.5 Å². The molecule has 0 unspecified atom stereocenters. The van der Waals surface area contributed by atoms with Crippen molar-refractivity contribution in [2.45, 2.75) is 19.9 Å². The van der Waals surface area contributed by atoms with Crippen molar-refractivity contribution < 1.29 is 4.74 Å². The fourth-order valence-electron chi connectivity index (χ4n) is 1.72. The Balaban J connectivity index is 2.53. The summed E-state index contributed by atoms with van der Waals surface area (Å²) >= 11 is 0. The van der Waals surface area contributed by atoms with Crippen LogP contribution in [-0.4, -0.2) is 37.5 Å². The fraction of sp³-hybridized carbons (Fsp3) is 0.500. The molecule has 0 radical (unpaired) electrons. The Labute approximate surface area is 109 Å². The van der Waals surface area contributed by atoms with Crippen molar-refractivity contribution in [2.24, 2.45) is 5.73 Å². The molecule has 0 bridgehead atoms. The van der Waals surface area contributed by atoms with Gasteiger partial charge in [0.25, 0.3) is 0 Å². The molecule has 0 fully saturated rings. The molecular weight excluding hydrogens is 226 g/mol. The number of nitrogens with one attached hydrogen (secondary N) is 1. The largest absolute Gasteiger partial charge is 0.388 e. The van der Waals surface area contributed by atoms with Crippen molar-refractivity contribution in [1.82, 2.24) is 4.90 Å². The van der Waals surface area contributed by atoms with Gasteiger partial charge in [-0.3, -0.25) is 10.3 Å². The van der Waals surface area contributed by atoms with E-state index in [4.69, 9.17) is 15.9 Å². The summed E-state index contributed by atoms with van der Waals surface area (Å²) in [4.78, 5) is 2.26. The lowest BCUT2D eigenvalue weighted by molar-refractivity contribution is 0.145. The molecule has 0 aliphatic rings. The third-order valence-corrected chi connectivity index (χ3v) is 2.84. The van der Waals surface area contributed by atoms with E-state index in [1.807, 2.05) is 0 Å². The molecule has 1 aromatic rings. The monoisotopic (exact) mass is 249 g/mol. The first-order chi connectivity index (χ1) is 8.61. The quantitative estimate of drug-likeness (QED) is 0.545. The summed E-state index contributed by atoms with van der Waals surface area (Å²) in [6, 6.07) is 8.52. The van der Waals surface area contributed by atoms with E-state index in [9.17, 15) is 0 Å². The number of hydrogen-bond donors (Lipinski definition) is 2. The summed E-state index contributed by atoms with van der Waals surface area (Å²) < 4.78 is 5.11. The van der Waals surface area contributed by atoms with Crippen molar-refractivity contribution in [3.63, 3.8) is 0 Å². The molecule has 100 valence electrons. The number of methoxy groups -OCH3 is 1. The second-order valence-corrected chi connectivity index (χ2v) is 4.53. The number of ether oxygens (including phenoxy) is 1. The SMILES string of the molecule is COCCN(CCC(=N)N)Cc1ccc(C)cc1. The standard InChI is InChI=1S/C14H23N3O/c1-12-3-5-13(6-4-12)11-17(9-10-18-2)8-7-14(15)16/h3-6H,7-11H2,1-2H3,(H3,15,16). The van der Waals surface area contributed by atoms with E-state index in [1.165, 1.54) is 11.1 Å². The highest BCUT2D eigenvalue weighted by molar-refractivity contribution is 5.76. The minimum absolute atomic E-state index is 0.237. The van der Waals surface area contributed by atoms with E-state index in [1.54, 1.807) is 7.11 Å². The fourth-order valence-corrected chi connectivity index (χ4v) is 1.72. The molecule has 0 saturated heterocycles. The second-order valence-electron chi connectivity index (χ2n) is 4.53. The maximum atomic E-state index is 7.29. The van der Waals surface area contributed by atoms with Gasteiger partial charge in [-0.25, -0.2) is 0 Å². The first-order valence-corrected chi connectivity index (χ1v) is 6.21. The molecule has 0 aromatic heterocycles. The Morgan fingerprint density at radius 2 is 1.94 bits per heavy atom. The predicted octanol–water partition coefficient (Wildman–Crippen LogP) is 1.77. The van der Waals surface area contributed by atoms with Crippen LogP contribution in [0.15, 0.2) is 24.3 Å². The molecule has 0 amide bonds. The van der Waals surface area contributed by atoms with E-state index in [2.05, 4.69) is 36.1 Å². The van der Waals surface area contributed by atoms with Gasteiger partial charge in [-0.2, -0.15) is 0 Å². The van der Waals surface area contributed by atoms with Gasteiger partial charge in [0.15, 0.2) is 0 Å². The van der Waals surface area contributed by atoms with Crippen LogP contribution in [0.25, 0.3) is 0 Å². The Morgan fingerprint density at radius 3 is 2.50 bits per heavy atom. The topological polar surface area (TPSA) is 62.3 Å². The maximum absolute atomic E-state index is 7.29. The number of hydrogen-bond acceptors (Lipinski definition) is 3. The minimum Gasteiger partial charge on any atom is -0.388 e. The number of amidine groups is 1. The Kier molecular flexibility index (Phi) is 6.39. The van der Waals surface area contributed by atoms with Crippen LogP contribution in [0.2, 0.25) is 0 Å². The summed E-state index contributed by atoms with van der Waals surface area (Å²) in [7, 11) is 1.70. The molecular formula is C14H23N3O. The Hall–Kier alpha value is -1.39. The van der Waals surface area contributed by atoms with Crippen LogP contribution in [0.4, 0.5) is 0 Å². The van der Waals surface area contributed by atoms with E-state index in [-0.39, 0.29) is 5.84 Å². The van der Waals surface area contributed by atoms with Crippen molar-refractivity contribution in [3.05, 3.63) is 35.4 Å². The van der Waals surface area contributed by atoms with Crippen molar-refractivity contribution >= 4 is 5.84 Å². The van der Waals surface area contributed by atoms with Crippen LogP contribution in [0, 0.1) is 12.3 Å². The zero-order valence-corrected chi connectivity index (χ0v) is 11.3. The molecule has 0 aliphatic heterocycles. The summed E-state index contributed by atoms with van der Waals surface area (Å²) in [6.45, 7) is 5.31. The van der Waals surface area contributed by atoms with E-state index in [0.717, 1.165) is 19.6 Å². The van der Waals surface area contributed by atoms with Gasteiger partial charge in [0.05, 0.1) is 12.4 Å². The van der Waals surface area contributed by atoms with Crippen LogP contribution < -0.4 is 5.73 Å². The van der Waals surface area contributed by atoms with E-state index < -0.39 is 0 Å². The smallest absolute Gasteiger partial charge is 0.0918 e. The van der Waals surface area contributed by atoms with Gasteiger partial charge in [-0.05, 0) is 12.5 Å². The van der Waals surface area contributed by atoms with Gasteiger partial charge in [-0.15, -0.1) is 0 Å². The molecule has 1 rings (SSSR count). The Morgan fingerprint density at radius 1 is 1.28 bits per heavy atom. The molecule has 0 heterocycles. The van der Waals surface area contributed by atoms with Gasteiger partial charge >= 0.3 is 0 Å². The van der Waals surface area contributed by atoms with Gasteiger partial charge in [-0.1, -0.05) is 29.8 Å². The third-order valence-electron chi connectivity index (χ3n) is 2.84. The lowest BCUT2D eigenvalue weighted by atomic mass is 10.1. The lowest BCUT2D eigenvalue weighted by Crippen LogP contribution is -2.30. The van der Waals surface area contributed by atoms with Gasteiger partial charge in [0.2, 0.25) is 0 Å². The van der Waals surface area contributed by atoms with Gasteiger partial charge in [0, 0.05) is 33.2 Å². The minimum atomic E-state index is 0.237. The van der Waals surface area contributed by atoms with Crippen molar-refractivity contribution in [3.8, 4) is 0 Å². The number of nitrogens with zero attached hydrogens (tertiary/aromatic N) is 1. The zero-order valence-electron chi connectivity index (χ0n) is 11.3. The number of benzene rings is 1. The average molecular weight is 249 g/mol. The zero-order chi connectivity index (χ0) is 13.4. The summed E-state index contributed by atoms with van der Waals surface area (Å²) in [6.07, 6.45) is 0.607. The van der Waals surface area contributed by atoms with Gasteiger partial charge < -0.3 is 10.5 Å². The number of rotatable bonds is 8. The molecule has 0 spiro atoms. The third kappa shape index (κ3) is 5.80. The highest BCUT2D eigenvalue weighted by Gasteiger charge is 2.06. The van der Waals surface area contributed by atoms with E-state index in [0.29, 0.717) is 13.0 Å². The predicted molar refractivity (Wildman–Crippen MR) is 74.9 cm³/mol. The summed E-state index contributed by atoms with van der Waals surface area (Å²) in [5, 5.41) is 7.29. The molecule has 0 saturated carbocycles. The average Bonchev–Trinajstić information content (AvgIpc) is 2.35. The highest BCUT2D eigenvalue weighted by Crippen LogP contribution is 2.07. The Bertz CT molecular complexity index is 362. The molecule has 0 aliphatic carbocycles. The lowest BCUT2D eigenvalue weighted by Gasteiger charge is -2.21. The summed E-state index contributed by atoms with van der Waals surface area (Å²) in [5.41, 5.74) is 7.96. The van der Waals surface area contributed by atoms with Crippen LogP contribution in [0.5, 0.6) is 0 Å². The molecule has 1 aromatic carbocycles. The molecule has 4 nitrogen and oxygen atoms in total. The van der Waals surface area contributed by atoms with Crippen LogP contribution in [-0.2, 0) is 11.3 Å². The molecule has 0 atom stereocenters. The molecule has 3 N–H and O–H groups in total. The van der Waals surface area contributed by atoms with Crippen molar-refractivity contribution in [1.29, 1.82) is 5.41 Å². The number of aryl methyl sites for hydroxylation is 1. The van der Waals surface area contributed by atoms with Crippen LogP contribution >= 0.6 is 0 Å². The molecule has 4 heteroatoms.